The third kappa shape index (κ3) is 3.03. The molecule has 2 N–H and O–H groups in total. The van der Waals surface area contributed by atoms with Crippen molar-refractivity contribution in [2.45, 2.75) is 38.4 Å². The Hall–Kier alpha value is -1.42. The van der Waals surface area contributed by atoms with Gasteiger partial charge >= 0.3 is 0 Å². The first-order valence-corrected chi connectivity index (χ1v) is 5.88. The lowest BCUT2D eigenvalue weighted by Gasteiger charge is -2.24. The first-order chi connectivity index (χ1) is 8.08. The largest absolute Gasteiger partial charge is 0.334 e. The molecule has 3 nitrogen and oxygen atoms in total. The van der Waals surface area contributed by atoms with Gasteiger partial charge in [0.1, 0.15) is 5.82 Å². The fourth-order valence-electron chi connectivity index (χ4n) is 1.87. The number of benzene rings is 1. The van der Waals surface area contributed by atoms with Gasteiger partial charge in [-0.3, -0.25) is 4.79 Å². The van der Waals surface area contributed by atoms with E-state index >= 15 is 0 Å². The van der Waals surface area contributed by atoms with Crippen LogP contribution in [0.4, 0.5) is 4.39 Å². The standard InChI is InChI=1S/C13H17FN2O/c1-9(15)13(17)16(12-5-6-12)8-10-3-2-4-11(14)7-10/h2-4,7,9,12H,5-6,8,15H2,1H3/t9-/m1/s1. The van der Waals surface area contributed by atoms with E-state index in [1.807, 2.05) is 6.07 Å². The Morgan fingerprint density at radius 2 is 2.29 bits per heavy atom. The SMILES string of the molecule is C[C@@H](N)C(=O)N(Cc1cccc(F)c1)C1CC1. The maximum Gasteiger partial charge on any atom is 0.239 e. The van der Waals surface area contributed by atoms with E-state index in [0.717, 1.165) is 18.4 Å². The first-order valence-electron chi connectivity index (χ1n) is 5.88. The minimum atomic E-state index is -0.496. The number of amides is 1. The molecule has 0 radical (unpaired) electrons. The van der Waals surface area contributed by atoms with Crippen LogP contribution in [0.15, 0.2) is 24.3 Å². The molecule has 0 aliphatic heterocycles. The Balaban J connectivity index is 2.10. The molecule has 1 amide bonds. The molecule has 1 aliphatic carbocycles. The van der Waals surface area contributed by atoms with E-state index in [2.05, 4.69) is 0 Å². The normalized spacial score (nSPS) is 16.6. The molecule has 4 heteroatoms. The molecule has 2 rings (SSSR count). The predicted molar refractivity (Wildman–Crippen MR) is 63.6 cm³/mol. The number of carbonyl (C=O) groups excluding carboxylic acids is 1. The zero-order valence-electron chi connectivity index (χ0n) is 9.90. The van der Waals surface area contributed by atoms with Crippen LogP contribution in [0.1, 0.15) is 25.3 Å². The zero-order chi connectivity index (χ0) is 12.4. The van der Waals surface area contributed by atoms with Gasteiger partial charge in [0.2, 0.25) is 5.91 Å². The third-order valence-corrected chi connectivity index (χ3v) is 2.90. The summed E-state index contributed by atoms with van der Waals surface area (Å²) in [7, 11) is 0. The molecule has 0 heterocycles. The van der Waals surface area contributed by atoms with E-state index in [9.17, 15) is 9.18 Å². The van der Waals surface area contributed by atoms with Crippen molar-refractivity contribution in [2.24, 2.45) is 5.73 Å². The highest BCUT2D eigenvalue weighted by molar-refractivity contribution is 5.81. The lowest BCUT2D eigenvalue weighted by atomic mass is 10.2. The summed E-state index contributed by atoms with van der Waals surface area (Å²) in [5.74, 6) is -0.330. The highest BCUT2D eigenvalue weighted by Gasteiger charge is 2.33. The Bertz CT molecular complexity index is 416. The van der Waals surface area contributed by atoms with Crippen molar-refractivity contribution in [1.29, 1.82) is 0 Å². The molecule has 1 aliphatic rings. The molecule has 0 aromatic heterocycles. The van der Waals surface area contributed by atoms with Crippen LogP contribution >= 0.6 is 0 Å². The van der Waals surface area contributed by atoms with Crippen LogP contribution in [0.5, 0.6) is 0 Å². The number of hydrogen-bond donors (Lipinski definition) is 1. The van der Waals surface area contributed by atoms with Gasteiger partial charge in [-0.25, -0.2) is 4.39 Å². The van der Waals surface area contributed by atoms with Gasteiger partial charge in [-0.15, -0.1) is 0 Å². The summed E-state index contributed by atoms with van der Waals surface area (Å²) in [6.07, 6.45) is 2.04. The van der Waals surface area contributed by atoms with Gasteiger partial charge in [-0.1, -0.05) is 12.1 Å². The molecule has 17 heavy (non-hydrogen) atoms. The molecular formula is C13H17FN2O. The monoisotopic (exact) mass is 236 g/mol. The van der Waals surface area contributed by atoms with Crippen molar-refractivity contribution in [1.82, 2.24) is 4.90 Å². The van der Waals surface area contributed by atoms with Crippen LogP contribution in [0.3, 0.4) is 0 Å². The summed E-state index contributed by atoms with van der Waals surface area (Å²) in [6.45, 7) is 2.13. The van der Waals surface area contributed by atoms with Crippen LogP contribution in [-0.4, -0.2) is 22.9 Å². The zero-order valence-corrected chi connectivity index (χ0v) is 9.90. The van der Waals surface area contributed by atoms with E-state index in [1.165, 1.54) is 12.1 Å². The van der Waals surface area contributed by atoms with Crippen LogP contribution in [-0.2, 0) is 11.3 Å². The number of carbonyl (C=O) groups is 1. The Morgan fingerprint density at radius 3 is 2.82 bits per heavy atom. The fourth-order valence-corrected chi connectivity index (χ4v) is 1.87. The average Bonchev–Trinajstić information content (AvgIpc) is 3.09. The van der Waals surface area contributed by atoms with Crippen LogP contribution in [0.25, 0.3) is 0 Å². The molecule has 92 valence electrons. The van der Waals surface area contributed by atoms with Gasteiger partial charge in [0.05, 0.1) is 6.04 Å². The highest BCUT2D eigenvalue weighted by atomic mass is 19.1. The maximum atomic E-state index is 13.1. The topological polar surface area (TPSA) is 46.3 Å². The number of nitrogens with two attached hydrogens (primary N) is 1. The summed E-state index contributed by atoms with van der Waals surface area (Å²) in [5.41, 5.74) is 6.43. The highest BCUT2D eigenvalue weighted by Crippen LogP contribution is 2.28. The molecule has 1 atom stereocenters. The van der Waals surface area contributed by atoms with E-state index in [-0.39, 0.29) is 17.8 Å². The molecule has 0 spiro atoms. The predicted octanol–water partition coefficient (Wildman–Crippen LogP) is 1.66. The van der Waals surface area contributed by atoms with E-state index in [0.29, 0.717) is 6.54 Å². The van der Waals surface area contributed by atoms with E-state index in [1.54, 1.807) is 17.9 Å². The van der Waals surface area contributed by atoms with Crippen molar-refractivity contribution in [3.8, 4) is 0 Å². The van der Waals surface area contributed by atoms with Crippen molar-refractivity contribution < 1.29 is 9.18 Å². The summed E-state index contributed by atoms with van der Waals surface area (Å²) < 4.78 is 13.1. The molecule has 0 bridgehead atoms. The lowest BCUT2D eigenvalue weighted by molar-refractivity contribution is -0.133. The van der Waals surface area contributed by atoms with E-state index < -0.39 is 6.04 Å². The van der Waals surface area contributed by atoms with Gasteiger partial charge in [-0.2, -0.15) is 0 Å². The Kier molecular flexibility index (Phi) is 3.43. The minimum Gasteiger partial charge on any atom is -0.334 e. The van der Waals surface area contributed by atoms with Gasteiger partial charge < -0.3 is 10.6 Å². The average molecular weight is 236 g/mol. The summed E-state index contributed by atoms with van der Waals surface area (Å²) in [4.78, 5) is 13.7. The molecule has 1 saturated carbocycles. The number of hydrogen-bond acceptors (Lipinski definition) is 2. The van der Waals surface area contributed by atoms with Gasteiger partial charge in [0.15, 0.2) is 0 Å². The van der Waals surface area contributed by atoms with Gasteiger partial charge in [0, 0.05) is 12.6 Å². The first kappa shape index (κ1) is 12.0. The second kappa shape index (κ2) is 4.84. The fraction of sp³-hybridized carbons (Fsp3) is 0.462. The molecule has 1 fully saturated rings. The lowest BCUT2D eigenvalue weighted by Crippen LogP contribution is -2.42. The number of nitrogens with zero attached hydrogens (tertiary/aromatic N) is 1. The number of rotatable bonds is 4. The van der Waals surface area contributed by atoms with Crippen LogP contribution in [0.2, 0.25) is 0 Å². The smallest absolute Gasteiger partial charge is 0.239 e. The Morgan fingerprint density at radius 1 is 1.59 bits per heavy atom. The van der Waals surface area contributed by atoms with E-state index in [4.69, 9.17) is 5.73 Å². The minimum absolute atomic E-state index is 0.0586. The number of halogens is 1. The maximum absolute atomic E-state index is 13.1. The van der Waals surface area contributed by atoms with Crippen LogP contribution < -0.4 is 5.73 Å². The summed E-state index contributed by atoms with van der Waals surface area (Å²) >= 11 is 0. The quantitative estimate of drug-likeness (QED) is 0.864. The van der Waals surface area contributed by atoms with Crippen molar-refractivity contribution in [2.75, 3.05) is 0 Å². The molecular weight excluding hydrogens is 219 g/mol. The molecule has 1 aromatic rings. The summed E-state index contributed by atoms with van der Waals surface area (Å²) in [6, 6.07) is 6.14. The second-order valence-corrected chi connectivity index (χ2v) is 4.62. The van der Waals surface area contributed by atoms with Crippen LogP contribution in [0, 0.1) is 5.82 Å². The molecule has 1 aromatic carbocycles. The van der Waals surface area contributed by atoms with Crippen molar-refractivity contribution >= 4 is 5.91 Å². The Labute approximate surface area is 100 Å². The third-order valence-electron chi connectivity index (χ3n) is 2.90. The molecule has 0 unspecified atom stereocenters. The van der Waals surface area contributed by atoms with Gasteiger partial charge in [0.25, 0.3) is 0 Å². The van der Waals surface area contributed by atoms with Gasteiger partial charge in [-0.05, 0) is 37.5 Å². The second-order valence-electron chi connectivity index (χ2n) is 4.62. The molecule has 0 saturated heterocycles. The summed E-state index contributed by atoms with van der Waals surface area (Å²) in [5, 5.41) is 0. The van der Waals surface area contributed by atoms with Crippen molar-refractivity contribution in [3.63, 3.8) is 0 Å². The van der Waals surface area contributed by atoms with Crippen molar-refractivity contribution in [3.05, 3.63) is 35.6 Å².